The lowest BCUT2D eigenvalue weighted by Crippen LogP contribution is -2.23. The summed E-state index contributed by atoms with van der Waals surface area (Å²) in [6.45, 7) is 0. The predicted octanol–water partition coefficient (Wildman–Crippen LogP) is 3.99. The second-order valence-electron chi connectivity index (χ2n) is 5.93. The number of hydrogen-bond donors (Lipinski definition) is 0. The van der Waals surface area contributed by atoms with Gasteiger partial charge >= 0.3 is 12.4 Å². The fourth-order valence-corrected chi connectivity index (χ4v) is 4.05. The number of benzene rings is 1. The number of hydrogen-bond acceptors (Lipinski definition) is 4. The number of aryl methyl sites for hydroxylation is 1. The first-order valence-electron chi connectivity index (χ1n) is 7.58. The molecule has 1 aromatic carbocycles. The zero-order valence-electron chi connectivity index (χ0n) is 14.0. The fourth-order valence-electron chi connectivity index (χ4n) is 2.69. The molecule has 0 amide bonds. The maximum atomic E-state index is 12.9. The molecular formula is C16H11F6N3O2S. The summed E-state index contributed by atoms with van der Waals surface area (Å²) < 4.78 is 102. The van der Waals surface area contributed by atoms with Crippen LogP contribution in [0.5, 0.6) is 0 Å². The molecule has 0 fully saturated rings. The van der Waals surface area contributed by atoms with E-state index in [2.05, 4.69) is 9.97 Å². The van der Waals surface area contributed by atoms with E-state index in [1.165, 1.54) is 29.8 Å². The zero-order chi connectivity index (χ0) is 20.9. The van der Waals surface area contributed by atoms with E-state index in [9.17, 15) is 34.8 Å². The van der Waals surface area contributed by atoms with E-state index >= 15 is 0 Å². The number of pyridine rings is 1. The minimum atomic E-state index is -4.96. The summed E-state index contributed by atoms with van der Waals surface area (Å²) in [5.74, 6) is -2.19. The van der Waals surface area contributed by atoms with Gasteiger partial charge in [-0.2, -0.15) is 26.3 Å². The monoisotopic (exact) mass is 423 g/mol. The van der Waals surface area contributed by atoms with Crippen molar-refractivity contribution in [2.45, 2.75) is 17.2 Å². The number of nitrogens with zero attached hydrogens (tertiary/aromatic N) is 3. The largest absolute Gasteiger partial charge is 0.417 e. The van der Waals surface area contributed by atoms with E-state index < -0.39 is 38.4 Å². The van der Waals surface area contributed by atoms with Crippen LogP contribution < -0.4 is 0 Å². The minimum Gasteiger partial charge on any atom is -0.312 e. The summed E-state index contributed by atoms with van der Waals surface area (Å²) >= 11 is 0. The van der Waals surface area contributed by atoms with E-state index in [0.29, 0.717) is 6.20 Å². The Bertz CT molecular complexity index is 1150. The van der Waals surface area contributed by atoms with Gasteiger partial charge in [0.05, 0.1) is 10.5 Å². The Morgan fingerprint density at radius 1 is 1.07 bits per heavy atom. The van der Waals surface area contributed by atoms with Crippen LogP contribution in [0.1, 0.15) is 5.56 Å². The fraction of sp³-hybridized carbons (Fsp3) is 0.250. The van der Waals surface area contributed by atoms with Crippen molar-refractivity contribution in [3.8, 4) is 11.4 Å². The molecule has 5 nitrogen and oxygen atoms in total. The van der Waals surface area contributed by atoms with Crippen LogP contribution in [0.3, 0.4) is 0 Å². The van der Waals surface area contributed by atoms with Crippen molar-refractivity contribution >= 4 is 21.0 Å². The second kappa shape index (κ2) is 6.47. The van der Waals surface area contributed by atoms with Crippen molar-refractivity contribution in [3.05, 3.63) is 42.1 Å². The first-order chi connectivity index (χ1) is 12.8. The van der Waals surface area contributed by atoms with Crippen molar-refractivity contribution in [1.82, 2.24) is 14.5 Å². The van der Waals surface area contributed by atoms with Crippen LogP contribution in [-0.2, 0) is 23.1 Å². The quantitative estimate of drug-likeness (QED) is 0.598. The third kappa shape index (κ3) is 3.81. The number of alkyl halides is 6. The molecule has 0 radical (unpaired) electrons. The zero-order valence-corrected chi connectivity index (χ0v) is 14.8. The molecule has 3 rings (SSSR count). The second-order valence-corrected chi connectivity index (χ2v) is 7.89. The smallest absolute Gasteiger partial charge is 0.312 e. The average molecular weight is 423 g/mol. The van der Waals surface area contributed by atoms with Gasteiger partial charge in [0.15, 0.2) is 21.2 Å². The lowest BCUT2D eigenvalue weighted by Gasteiger charge is -2.12. The molecule has 0 aliphatic rings. The Kier molecular flexibility index (Phi) is 4.64. The van der Waals surface area contributed by atoms with Crippen molar-refractivity contribution in [2.24, 2.45) is 7.05 Å². The minimum absolute atomic E-state index is 0.0195. The highest BCUT2D eigenvalue weighted by Gasteiger charge is 2.37. The Morgan fingerprint density at radius 3 is 2.32 bits per heavy atom. The number of rotatable bonds is 3. The molecular weight excluding hydrogens is 412 g/mol. The van der Waals surface area contributed by atoms with Crippen LogP contribution in [0.4, 0.5) is 26.3 Å². The molecule has 3 aromatic rings. The van der Waals surface area contributed by atoms with Crippen LogP contribution in [0.15, 0.2) is 41.4 Å². The van der Waals surface area contributed by atoms with Gasteiger partial charge in [0.1, 0.15) is 11.3 Å². The van der Waals surface area contributed by atoms with Gasteiger partial charge in [-0.15, -0.1) is 0 Å². The Morgan fingerprint density at radius 2 is 1.71 bits per heavy atom. The van der Waals surface area contributed by atoms with Crippen molar-refractivity contribution in [1.29, 1.82) is 0 Å². The Labute approximate surface area is 154 Å². The number of sulfone groups is 1. The van der Waals surface area contributed by atoms with Crippen molar-refractivity contribution in [3.63, 3.8) is 0 Å². The molecule has 28 heavy (non-hydrogen) atoms. The van der Waals surface area contributed by atoms with Gasteiger partial charge in [0, 0.05) is 18.8 Å². The van der Waals surface area contributed by atoms with Gasteiger partial charge in [-0.05, 0) is 18.2 Å². The maximum Gasteiger partial charge on any atom is 0.417 e. The van der Waals surface area contributed by atoms with Crippen LogP contribution in [0.25, 0.3) is 22.6 Å². The highest BCUT2D eigenvalue weighted by Crippen LogP contribution is 2.34. The Balaban J connectivity index is 2.20. The van der Waals surface area contributed by atoms with E-state index in [1.807, 2.05) is 0 Å². The van der Waals surface area contributed by atoms with Gasteiger partial charge < -0.3 is 4.57 Å². The number of imidazole rings is 1. The third-order valence-corrected chi connectivity index (χ3v) is 5.59. The highest BCUT2D eigenvalue weighted by molar-refractivity contribution is 7.91. The number of halogens is 6. The molecule has 0 aliphatic carbocycles. The molecule has 2 aromatic heterocycles. The molecule has 2 heterocycles. The molecule has 0 aliphatic heterocycles. The lowest BCUT2D eigenvalue weighted by atomic mass is 10.2. The molecule has 0 atom stereocenters. The average Bonchev–Trinajstić information content (AvgIpc) is 2.88. The van der Waals surface area contributed by atoms with Gasteiger partial charge in [0.2, 0.25) is 0 Å². The standard InChI is InChI=1S/C16H11F6N3O2S/c1-25-13(24-11-6-9(16(20,21)22)7-23-14(11)25)10-4-2-3-5-12(10)28(26,27)8-15(17,18)19/h2-7H,8H2,1H3. The summed E-state index contributed by atoms with van der Waals surface area (Å²) in [5, 5.41) is 0. The van der Waals surface area contributed by atoms with E-state index in [4.69, 9.17) is 0 Å². The van der Waals surface area contributed by atoms with Gasteiger partial charge in [-0.1, -0.05) is 12.1 Å². The highest BCUT2D eigenvalue weighted by atomic mass is 32.2. The Hall–Kier alpha value is -2.63. The van der Waals surface area contributed by atoms with Crippen molar-refractivity contribution in [2.75, 3.05) is 5.75 Å². The van der Waals surface area contributed by atoms with Crippen LogP contribution in [0, 0.1) is 0 Å². The first-order valence-corrected chi connectivity index (χ1v) is 9.23. The van der Waals surface area contributed by atoms with E-state index in [0.717, 1.165) is 12.1 Å². The number of fused-ring (bicyclic) bond motifs is 1. The predicted molar refractivity (Wildman–Crippen MR) is 87.1 cm³/mol. The topological polar surface area (TPSA) is 64.8 Å². The molecule has 0 spiro atoms. The molecule has 0 saturated heterocycles. The van der Waals surface area contributed by atoms with Gasteiger partial charge in [-0.3, -0.25) is 0 Å². The van der Waals surface area contributed by atoms with Gasteiger partial charge in [-0.25, -0.2) is 18.4 Å². The third-order valence-electron chi connectivity index (χ3n) is 3.85. The van der Waals surface area contributed by atoms with E-state index in [1.54, 1.807) is 0 Å². The van der Waals surface area contributed by atoms with Crippen LogP contribution in [-0.4, -0.2) is 34.9 Å². The molecule has 0 unspecified atom stereocenters. The van der Waals surface area contributed by atoms with Crippen LogP contribution in [0.2, 0.25) is 0 Å². The summed E-state index contributed by atoms with van der Waals surface area (Å²) in [5.41, 5.74) is -1.37. The van der Waals surface area contributed by atoms with Crippen molar-refractivity contribution < 1.29 is 34.8 Å². The molecule has 12 heteroatoms. The summed E-state index contributed by atoms with van der Waals surface area (Å²) in [4.78, 5) is 7.05. The van der Waals surface area contributed by atoms with Gasteiger partial charge in [0.25, 0.3) is 0 Å². The molecule has 0 N–H and O–H groups in total. The van der Waals surface area contributed by atoms with Crippen LogP contribution >= 0.6 is 0 Å². The first kappa shape index (κ1) is 20.1. The summed E-state index contributed by atoms with van der Waals surface area (Å²) in [7, 11) is -3.39. The molecule has 0 saturated carbocycles. The normalized spacial score (nSPS) is 13.2. The molecule has 150 valence electrons. The SMILES string of the molecule is Cn1c(-c2ccccc2S(=O)(=O)CC(F)(F)F)nc2cc(C(F)(F)F)cnc21. The molecule has 0 bridgehead atoms. The maximum absolute atomic E-state index is 12.9. The summed E-state index contributed by atoms with van der Waals surface area (Å²) in [6.07, 6.45) is -9.02. The number of aromatic nitrogens is 3. The lowest BCUT2D eigenvalue weighted by molar-refractivity contribution is -0.137. The summed E-state index contributed by atoms with van der Waals surface area (Å²) in [6, 6.07) is 5.59. The van der Waals surface area contributed by atoms with E-state index in [-0.39, 0.29) is 22.6 Å².